The van der Waals surface area contributed by atoms with Gasteiger partial charge in [0.2, 0.25) is 5.91 Å². The summed E-state index contributed by atoms with van der Waals surface area (Å²) in [6.07, 6.45) is 2.70. The van der Waals surface area contributed by atoms with Crippen LogP contribution in [0.1, 0.15) is 44.6 Å². The number of likely N-dealkylation sites (tertiary alicyclic amines) is 1. The molecule has 2 saturated heterocycles. The molecule has 6 heteroatoms. The Morgan fingerprint density at radius 2 is 1.81 bits per heavy atom. The Labute approximate surface area is 158 Å². The second kappa shape index (κ2) is 6.20. The van der Waals surface area contributed by atoms with Crippen LogP contribution < -0.4 is 0 Å². The highest BCUT2D eigenvalue weighted by atomic mass is 35.5. The largest absolute Gasteiger partial charge is 0.388 e. The lowest BCUT2D eigenvalue weighted by molar-refractivity contribution is -0.223. The number of halogens is 1. The van der Waals surface area contributed by atoms with Crippen LogP contribution in [-0.4, -0.2) is 58.0 Å². The lowest BCUT2D eigenvalue weighted by Gasteiger charge is -2.50. The minimum absolute atomic E-state index is 0.148. The van der Waals surface area contributed by atoms with E-state index in [1.807, 2.05) is 29.2 Å². The van der Waals surface area contributed by atoms with Crippen molar-refractivity contribution in [1.82, 2.24) is 4.90 Å². The topological polar surface area (TPSA) is 70.0 Å². The summed E-state index contributed by atoms with van der Waals surface area (Å²) in [5.74, 6) is 0.192. The minimum atomic E-state index is -1.13. The number of nitrogens with zero attached hydrogens (tertiary/aromatic N) is 1. The van der Waals surface area contributed by atoms with Crippen molar-refractivity contribution >= 4 is 17.5 Å². The molecule has 4 rings (SSSR count). The van der Waals surface area contributed by atoms with Gasteiger partial charge in [-0.1, -0.05) is 23.7 Å². The number of carbonyl (C=O) groups is 1. The minimum Gasteiger partial charge on any atom is -0.388 e. The maximum atomic E-state index is 13.2. The molecule has 5 nitrogen and oxygen atoms in total. The van der Waals surface area contributed by atoms with Crippen LogP contribution >= 0.6 is 11.6 Å². The van der Waals surface area contributed by atoms with E-state index in [0.717, 1.165) is 18.4 Å². The Bertz CT molecular complexity index is 690. The van der Waals surface area contributed by atoms with Crippen molar-refractivity contribution in [2.24, 2.45) is 0 Å². The van der Waals surface area contributed by atoms with Crippen molar-refractivity contribution in [3.05, 3.63) is 34.9 Å². The van der Waals surface area contributed by atoms with Crippen LogP contribution in [0.25, 0.3) is 0 Å². The molecule has 1 aliphatic carbocycles. The number of ether oxygens (including phenoxy) is 1. The fraction of sp³-hybridized carbons (Fsp3) is 0.650. The van der Waals surface area contributed by atoms with Gasteiger partial charge in [0.05, 0.1) is 23.2 Å². The van der Waals surface area contributed by atoms with Gasteiger partial charge in [0, 0.05) is 24.5 Å². The van der Waals surface area contributed by atoms with Gasteiger partial charge in [-0.15, -0.1) is 0 Å². The molecule has 3 fully saturated rings. The molecule has 1 saturated carbocycles. The summed E-state index contributed by atoms with van der Waals surface area (Å²) < 4.78 is 5.92. The molecule has 2 N–H and O–H groups in total. The summed E-state index contributed by atoms with van der Waals surface area (Å²) in [6, 6.07) is 7.61. The summed E-state index contributed by atoms with van der Waals surface area (Å²) in [5, 5.41) is 21.0. The van der Waals surface area contributed by atoms with Crippen LogP contribution in [0.2, 0.25) is 5.02 Å². The number of hydrogen-bond donors (Lipinski definition) is 2. The van der Waals surface area contributed by atoms with Gasteiger partial charge in [-0.25, -0.2) is 0 Å². The fourth-order valence-electron chi connectivity index (χ4n) is 4.52. The number of aliphatic hydroxyl groups is 2. The predicted octanol–water partition coefficient (Wildman–Crippen LogP) is 2.27. The van der Waals surface area contributed by atoms with E-state index in [1.165, 1.54) is 0 Å². The molecule has 26 heavy (non-hydrogen) atoms. The van der Waals surface area contributed by atoms with Crippen molar-refractivity contribution in [2.45, 2.75) is 61.7 Å². The first-order valence-electron chi connectivity index (χ1n) is 9.36. The summed E-state index contributed by atoms with van der Waals surface area (Å²) in [6.45, 7) is 3.07. The molecule has 0 bridgehead atoms. The summed E-state index contributed by atoms with van der Waals surface area (Å²) in [5.41, 5.74) is -0.904. The molecule has 1 spiro atoms. The number of rotatable bonds is 2. The molecule has 1 aromatic carbocycles. The highest BCUT2D eigenvalue weighted by Gasteiger charge is 2.55. The quantitative estimate of drug-likeness (QED) is 0.827. The number of benzene rings is 1. The molecular formula is C20H26ClNO4. The molecule has 0 radical (unpaired) electrons. The van der Waals surface area contributed by atoms with E-state index in [2.05, 4.69) is 0 Å². The summed E-state index contributed by atoms with van der Waals surface area (Å²) in [4.78, 5) is 15.1. The van der Waals surface area contributed by atoms with Crippen molar-refractivity contribution in [1.29, 1.82) is 0 Å². The van der Waals surface area contributed by atoms with Crippen LogP contribution in [0.4, 0.5) is 0 Å². The lowest BCUT2D eigenvalue weighted by Crippen LogP contribution is -2.60. The zero-order valence-electron chi connectivity index (χ0n) is 15.1. The molecule has 3 aliphatic rings. The molecule has 1 amide bonds. The van der Waals surface area contributed by atoms with Crippen LogP contribution in [0.15, 0.2) is 24.3 Å². The van der Waals surface area contributed by atoms with E-state index in [4.69, 9.17) is 16.3 Å². The number of carbonyl (C=O) groups excluding carboxylic acids is 1. The normalized spacial score (nSPS) is 32.5. The summed E-state index contributed by atoms with van der Waals surface area (Å²) >= 11 is 5.98. The smallest absolute Gasteiger partial charge is 0.233 e. The zero-order valence-corrected chi connectivity index (χ0v) is 15.8. The van der Waals surface area contributed by atoms with Gasteiger partial charge in [-0.2, -0.15) is 0 Å². The molecular weight excluding hydrogens is 354 g/mol. The third-order valence-corrected chi connectivity index (χ3v) is 6.72. The van der Waals surface area contributed by atoms with E-state index in [1.54, 1.807) is 6.92 Å². The van der Waals surface area contributed by atoms with Crippen LogP contribution in [0.3, 0.4) is 0 Å². The average molecular weight is 380 g/mol. The monoisotopic (exact) mass is 379 g/mol. The second-order valence-corrected chi connectivity index (χ2v) is 8.86. The van der Waals surface area contributed by atoms with Gasteiger partial charge in [-0.3, -0.25) is 4.79 Å². The first-order valence-corrected chi connectivity index (χ1v) is 9.74. The van der Waals surface area contributed by atoms with E-state index in [-0.39, 0.29) is 17.9 Å². The highest BCUT2D eigenvalue weighted by Crippen LogP contribution is 2.50. The van der Waals surface area contributed by atoms with E-state index < -0.39 is 17.3 Å². The SMILES string of the molecule is C[C@]1(O)CC2(CCN(C(=O)C3(c4ccc(Cl)cc4)CC3)CC2)OC[C@@H]1O. The van der Waals surface area contributed by atoms with Crippen molar-refractivity contribution in [3.8, 4) is 0 Å². The van der Waals surface area contributed by atoms with Gasteiger partial charge in [0.15, 0.2) is 0 Å². The highest BCUT2D eigenvalue weighted by molar-refractivity contribution is 6.30. The third-order valence-electron chi connectivity index (χ3n) is 6.46. The number of amides is 1. The molecule has 2 aliphatic heterocycles. The first kappa shape index (κ1) is 18.2. The Balaban J connectivity index is 1.44. The third kappa shape index (κ3) is 3.05. The van der Waals surface area contributed by atoms with Gasteiger partial charge in [0.25, 0.3) is 0 Å². The Morgan fingerprint density at radius 1 is 1.19 bits per heavy atom. The standard InChI is InChI=1S/C20H26ClNO4/c1-18(25)13-19(26-12-16(18)23)8-10-22(11-9-19)17(24)20(6-7-20)14-2-4-15(21)5-3-14/h2-5,16,23,25H,6-13H2,1H3/t16-,18-/m0/s1. The second-order valence-electron chi connectivity index (χ2n) is 8.42. The van der Waals surface area contributed by atoms with Crippen LogP contribution in [0.5, 0.6) is 0 Å². The maximum absolute atomic E-state index is 13.2. The van der Waals surface area contributed by atoms with Crippen molar-refractivity contribution < 1.29 is 19.7 Å². The molecule has 142 valence electrons. The van der Waals surface area contributed by atoms with Crippen molar-refractivity contribution in [2.75, 3.05) is 19.7 Å². The van der Waals surface area contributed by atoms with Crippen LogP contribution in [0, 0.1) is 0 Å². The molecule has 0 aromatic heterocycles. The van der Waals surface area contributed by atoms with Gasteiger partial charge in [-0.05, 0) is 50.3 Å². The first-order chi connectivity index (χ1) is 12.3. The fourth-order valence-corrected chi connectivity index (χ4v) is 4.64. The number of hydrogen-bond acceptors (Lipinski definition) is 4. The Kier molecular flexibility index (Phi) is 4.35. The van der Waals surface area contributed by atoms with E-state index in [9.17, 15) is 15.0 Å². The van der Waals surface area contributed by atoms with Gasteiger partial charge in [0.1, 0.15) is 6.10 Å². The Morgan fingerprint density at radius 3 is 2.35 bits per heavy atom. The van der Waals surface area contributed by atoms with Gasteiger partial charge >= 0.3 is 0 Å². The van der Waals surface area contributed by atoms with Gasteiger partial charge < -0.3 is 19.8 Å². The predicted molar refractivity (Wildman–Crippen MR) is 98.1 cm³/mol. The summed E-state index contributed by atoms with van der Waals surface area (Å²) in [7, 11) is 0. The molecule has 2 atom stereocenters. The van der Waals surface area contributed by atoms with Crippen LogP contribution in [-0.2, 0) is 14.9 Å². The Hall–Kier alpha value is -1.14. The molecule has 1 aromatic rings. The average Bonchev–Trinajstić information content (AvgIpc) is 3.41. The molecule has 0 unspecified atom stereocenters. The number of piperidine rings is 1. The van der Waals surface area contributed by atoms with E-state index in [0.29, 0.717) is 37.4 Å². The van der Waals surface area contributed by atoms with E-state index >= 15 is 0 Å². The number of aliphatic hydroxyl groups excluding tert-OH is 1. The zero-order chi connectivity index (χ0) is 18.6. The lowest BCUT2D eigenvalue weighted by atomic mass is 9.76. The molecule has 2 heterocycles. The van der Waals surface area contributed by atoms with Crippen molar-refractivity contribution in [3.63, 3.8) is 0 Å². The maximum Gasteiger partial charge on any atom is 0.233 e.